The molecule has 3 saturated heterocycles. The number of amides is 2. The predicted octanol–water partition coefficient (Wildman–Crippen LogP) is 5.69. The van der Waals surface area contributed by atoms with Crippen molar-refractivity contribution in [2.24, 2.45) is 0 Å². The van der Waals surface area contributed by atoms with Gasteiger partial charge in [-0.1, -0.05) is 73.5 Å². The topological polar surface area (TPSA) is 139 Å². The molecule has 11 heteroatoms. The summed E-state index contributed by atoms with van der Waals surface area (Å²) in [6.07, 6.45) is 5.51. The number of nitrogens with one attached hydrogen (secondary N) is 2. The number of likely N-dealkylation sites (tertiary alicyclic amines) is 1. The van der Waals surface area contributed by atoms with Gasteiger partial charge < -0.3 is 34.3 Å². The van der Waals surface area contributed by atoms with E-state index in [-0.39, 0.29) is 37.0 Å². The fraction of sp³-hybridized carbons (Fsp3) is 0.500. The Labute approximate surface area is 300 Å². The molecule has 3 aliphatic heterocycles. The number of carbonyl (C=O) groups excluding carboxylic acids is 2. The van der Waals surface area contributed by atoms with Gasteiger partial charge in [-0.05, 0) is 52.8 Å². The van der Waals surface area contributed by atoms with Crippen LogP contribution in [0.3, 0.4) is 0 Å². The average molecular weight is 702 g/mol. The third-order valence-corrected chi connectivity index (χ3v) is 10.1. The van der Waals surface area contributed by atoms with Crippen LogP contribution in [0.2, 0.25) is 0 Å². The number of hydrogen-bond acceptors (Lipinski definition) is 9. The number of aliphatic hydroxyl groups excluding tert-OH is 1. The summed E-state index contributed by atoms with van der Waals surface area (Å²) in [5.74, 6) is -0.796. The molecule has 0 aliphatic carbocycles. The van der Waals surface area contributed by atoms with Crippen LogP contribution in [-0.2, 0) is 41.7 Å². The van der Waals surface area contributed by atoms with Gasteiger partial charge in [-0.15, -0.1) is 0 Å². The summed E-state index contributed by atoms with van der Waals surface area (Å²) in [6.45, 7) is 4.34. The van der Waals surface area contributed by atoms with E-state index in [1.807, 2.05) is 48.5 Å². The standard InChI is InChI=1S/C40H51N3O8/c44-28-29-13-15-31(16-14-29)36-25-35(27-43-19-17-40(18-20-43)48-21-22-49-40)50-39(51-36)34-10-6-9-33(24-34)32-8-5-7-30(23-32)26-41-37(45)11-3-1-2-4-12-38(46)42-47/h5-10,13-16,23-24,35-36,39,44,47H,1-4,11-12,17-22,25-28H2,(H,41,45)(H,42,46)/t35-,36+,39+/m1/s1. The zero-order valence-corrected chi connectivity index (χ0v) is 29.3. The number of unbranched alkanes of at least 4 members (excludes halogenated alkanes) is 3. The van der Waals surface area contributed by atoms with Gasteiger partial charge in [0, 0.05) is 63.8 Å². The second kappa shape index (κ2) is 18.2. The van der Waals surface area contributed by atoms with Crippen molar-refractivity contribution in [2.75, 3.05) is 32.8 Å². The number of ether oxygens (including phenoxy) is 4. The molecule has 11 nitrogen and oxygen atoms in total. The summed E-state index contributed by atoms with van der Waals surface area (Å²) >= 11 is 0. The zero-order chi connectivity index (χ0) is 35.5. The molecular formula is C40H51N3O8. The second-order valence-corrected chi connectivity index (χ2v) is 13.8. The van der Waals surface area contributed by atoms with Crippen molar-refractivity contribution in [1.82, 2.24) is 15.7 Å². The molecule has 0 bridgehead atoms. The normalized spacial score (nSPS) is 21.8. The first kappa shape index (κ1) is 37.1. The number of benzene rings is 3. The summed E-state index contributed by atoms with van der Waals surface area (Å²) in [7, 11) is 0. The Kier molecular flexibility index (Phi) is 13.2. The van der Waals surface area contributed by atoms with E-state index in [0.717, 1.165) is 91.5 Å². The Morgan fingerprint density at radius 2 is 1.47 bits per heavy atom. The van der Waals surface area contributed by atoms with Crippen LogP contribution in [0.25, 0.3) is 11.1 Å². The molecule has 2 amide bonds. The van der Waals surface area contributed by atoms with E-state index in [0.29, 0.717) is 32.6 Å². The van der Waals surface area contributed by atoms with Crippen molar-refractivity contribution >= 4 is 11.8 Å². The summed E-state index contributed by atoms with van der Waals surface area (Å²) in [5, 5.41) is 21.2. The van der Waals surface area contributed by atoms with Crippen LogP contribution in [0.1, 0.15) is 92.4 Å². The van der Waals surface area contributed by atoms with Crippen molar-refractivity contribution in [3.8, 4) is 11.1 Å². The van der Waals surface area contributed by atoms with Gasteiger partial charge in [0.15, 0.2) is 12.1 Å². The zero-order valence-electron chi connectivity index (χ0n) is 29.3. The highest BCUT2D eigenvalue weighted by Crippen LogP contribution is 2.40. The van der Waals surface area contributed by atoms with Gasteiger partial charge in [0.2, 0.25) is 11.8 Å². The van der Waals surface area contributed by atoms with Crippen LogP contribution in [0.15, 0.2) is 72.8 Å². The molecule has 0 aromatic heterocycles. The fourth-order valence-corrected chi connectivity index (χ4v) is 7.18. The number of nitrogens with zero attached hydrogens (tertiary/aromatic N) is 1. The van der Waals surface area contributed by atoms with Crippen LogP contribution in [0.4, 0.5) is 0 Å². The minimum Gasteiger partial charge on any atom is -0.392 e. The van der Waals surface area contributed by atoms with Gasteiger partial charge in [0.25, 0.3) is 0 Å². The molecule has 3 fully saturated rings. The van der Waals surface area contributed by atoms with Gasteiger partial charge in [-0.25, -0.2) is 5.48 Å². The van der Waals surface area contributed by atoms with Gasteiger partial charge >= 0.3 is 0 Å². The molecule has 274 valence electrons. The molecule has 1 spiro atoms. The highest BCUT2D eigenvalue weighted by atomic mass is 16.7. The fourth-order valence-electron chi connectivity index (χ4n) is 7.18. The summed E-state index contributed by atoms with van der Waals surface area (Å²) in [4.78, 5) is 26.0. The lowest BCUT2D eigenvalue weighted by molar-refractivity contribution is -0.255. The van der Waals surface area contributed by atoms with E-state index >= 15 is 0 Å². The second-order valence-electron chi connectivity index (χ2n) is 13.8. The molecule has 0 radical (unpaired) electrons. The highest BCUT2D eigenvalue weighted by molar-refractivity contribution is 5.76. The van der Waals surface area contributed by atoms with Crippen molar-refractivity contribution in [3.05, 3.63) is 95.1 Å². The van der Waals surface area contributed by atoms with Crippen LogP contribution in [0, 0.1) is 0 Å². The van der Waals surface area contributed by atoms with Crippen LogP contribution in [0.5, 0.6) is 0 Å². The van der Waals surface area contributed by atoms with E-state index in [9.17, 15) is 14.7 Å². The molecule has 3 heterocycles. The quantitative estimate of drug-likeness (QED) is 0.0894. The number of piperidine rings is 1. The van der Waals surface area contributed by atoms with Crippen LogP contribution in [-0.4, -0.2) is 71.8 Å². The van der Waals surface area contributed by atoms with E-state index in [1.54, 1.807) is 5.48 Å². The van der Waals surface area contributed by atoms with Crippen molar-refractivity contribution < 1.29 is 38.9 Å². The largest absolute Gasteiger partial charge is 0.392 e. The number of aliphatic hydroxyl groups is 1. The van der Waals surface area contributed by atoms with Crippen molar-refractivity contribution in [2.45, 2.75) is 95.2 Å². The first-order chi connectivity index (χ1) is 24.9. The Morgan fingerprint density at radius 3 is 2.18 bits per heavy atom. The number of carbonyl (C=O) groups is 2. The molecule has 3 aliphatic rings. The number of rotatable bonds is 15. The van der Waals surface area contributed by atoms with Crippen LogP contribution < -0.4 is 10.8 Å². The van der Waals surface area contributed by atoms with Gasteiger partial charge in [0.1, 0.15) is 0 Å². The van der Waals surface area contributed by atoms with Gasteiger partial charge in [-0.2, -0.15) is 0 Å². The predicted molar refractivity (Wildman–Crippen MR) is 190 cm³/mol. The summed E-state index contributed by atoms with van der Waals surface area (Å²) in [5.41, 5.74) is 7.59. The minimum absolute atomic E-state index is 0.000915. The maximum atomic E-state index is 12.5. The number of hydrogen-bond donors (Lipinski definition) is 4. The molecule has 3 aromatic rings. The molecule has 4 N–H and O–H groups in total. The van der Waals surface area contributed by atoms with Crippen LogP contribution >= 0.6 is 0 Å². The van der Waals surface area contributed by atoms with E-state index in [2.05, 4.69) is 34.5 Å². The third-order valence-electron chi connectivity index (χ3n) is 10.1. The molecule has 0 unspecified atom stereocenters. The maximum Gasteiger partial charge on any atom is 0.243 e. The Hall–Kier alpha value is -3.68. The highest BCUT2D eigenvalue weighted by Gasteiger charge is 2.41. The van der Waals surface area contributed by atoms with Gasteiger partial charge in [-0.3, -0.25) is 14.8 Å². The van der Waals surface area contributed by atoms with E-state index in [1.165, 1.54) is 0 Å². The smallest absolute Gasteiger partial charge is 0.243 e. The average Bonchev–Trinajstić information content (AvgIpc) is 3.64. The van der Waals surface area contributed by atoms with Crippen molar-refractivity contribution in [1.29, 1.82) is 0 Å². The first-order valence-corrected chi connectivity index (χ1v) is 18.3. The maximum absolute atomic E-state index is 12.5. The molecule has 6 rings (SSSR count). The molecular weight excluding hydrogens is 650 g/mol. The summed E-state index contributed by atoms with van der Waals surface area (Å²) in [6, 6.07) is 24.4. The monoisotopic (exact) mass is 701 g/mol. The lowest BCUT2D eigenvalue weighted by Gasteiger charge is -2.41. The summed E-state index contributed by atoms with van der Waals surface area (Å²) < 4.78 is 25.3. The minimum atomic E-state index is -0.557. The molecule has 51 heavy (non-hydrogen) atoms. The van der Waals surface area contributed by atoms with E-state index in [4.69, 9.17) is 24.2 Å². The molecule has 3 aromatic carbocycles. The SMILES string of the molecule is O=C(CCCCCCC(=O)NCc1cccc(-c2cccc([C@H]3O[C@@H](CN4CCC5(CC4)OCCO5)C[C@@H](c4ccc(CO)cc4)O3)c2)c1)NO. The Morgan fingerprint density at radius 1 is 0.784 bits per heavy atom. The lowest BCUT2D eigenvalue weighted by Crippen LogP contribution is -2.48. The number of hydroxylamine groups is 1. The Balaban J connectivity index is 1.08. The lowest BCUT2D eigenvalue weighted by atomic mass is 9.97. The van der Waals surface area contributed by atoms with Crippen molar-refractivity contribution in [3.63, 3.8) is 0 Å². The Bertz CT molecular complexity index is 1570. The molecule has 0 saturated carbocycles. The third kappa shape index (κ3) is 10.4. The first-order valence-electron chi connectivity index (χ1n) is 18.3. The molecule has 3 atom stereocenters. The van der Waals surface area contributed by atoms with Gasteiger partial charge in [0.05, 0.1) is 32.0 Å². The van der Waals surface area contributed by atoms with E-state index < -0.39 is 12.1 Å².